The van der Waals surface area contributed by atoms with Crippen molar-refractivity contribution in [2.75, 3.05) is 22.5 Å². The summed E-state index contributed by atoms with van der Waals surface area (Å²) in [6.07, 6.45) is -1.21. The highest BCUT2D eigenvalue weighted by atomic mass is 32.2. The summed E-state index contributed by atoms with van der Waals surface area (Å²) in [5.74, 6) is -0.270. The first kappa shape index (κ1) is 31.4. The van der Waals surface area contributed by atoms with Gasteiger partial charge in [-0.25, -0.2) is 9.59 Å². The van der Waals surface area contributed by atoms with Gasteiger partial charge < -0.3 is 25.0 Å². The number of carbonyl (C=O) groups excluding carboxylic acids is 4. The highest BCUT2D eigenvalue weighted by Gasteiger charge is 2.32. The van der Waals surface area contributed by atoms with Crippen LogP contribution in [-0.4, -0.2) is 47.9 Å². The van der Waals surface area contributed by atoms with Gasteiger partial charge >= 0.3 is 12.2 Å². The number of amides is 4. The Hall–Kier alpha value is -4.51. The molecule has 0 fully saturated rings. The number of hydrogen-bond donors (Lipinski definition) is 3. The molecule has 4 amide bonds. The van der Waals surface area contributed by atoms with Crippen LogP contribution in [-0.2, 0) is 32.2 Å². The molecular weight excluding hydrogens is 568 g/mol. The van der Waals surface area contributed by atoms with Crippen molar-refractivity contribution in [1.29, 1.82) is 0 Å². The maximum Gasteiger partial charge on any atom is 0.412 e. The molecule has 1 aliphatic rings. The first-order chi connectivity index (χ1) is 20.6. The van der Waals surface area contributed by atoms with E-state index in [1.165, 1.54) is 11.8 Å². The second-order valence-corrected chi connectivity index (χ2v) is 12.0. The van der Waals surface area contributed by atoms with Crippen molar-refractivity contribution in [2.45, 2.75) is 56.9 Å². The van der Waals surface area contributed by atoms with Crippen LogP contribution in [0, 0.1) is 0 Å². The third kappa shape index (κ3) is 9.78. The number of rotatable bonds is 9. The molecular formula is C32H36N4O6S. The molecule has 0 aliphatic carbocycles. The zero-order valence-corrected chi connectivity index (χ0v) is 25.2. The van der Waals surface area contributed by atoms with Crippen molar-refractivity contribution in [3.63, 3.8) is 0 Å². The first-order valence-electron chi connectivity index (χ1n) is 13.9. The van der Waals surface area contributed by atoms with Crippen molar-refractivity contribution in [3.05, 3.63) is 90.0 Å². The summed E-state index contributed by atoms with van der Waals surface area (Å²) in [4.78, 5) is 53.4. The van der Waals surface area contributed by atoms with E-state index >= 15 is 0 Å². The molecule has 3 aromatic carbocycles. The Morgan fingerprint density at radius 3 is 2.42 bits per heavy atom. The van der Waals surface area contributed by atoms with Gasteiger partial charge in [0.25, 0.3) is 5.91 Å². The molecule has 0 saturated carbocycles. The van der Waals surface area contributed by atoms with Crippen LogP contribution in [0.4, 0.5) is 21.0 Å². The van der Waals surface area contributed by atoms with E-state index < -0.39 is 23.8 Å². The van der Waals surface area contributed by atoms with E-state index in [1.54, 1.807) is 43.9 Å². The Morgan fingerprint density at radius 1 is 0.930 bits per heavy atom. The van der Waals surface area contributed by atoms with Crippen LogP contribution in [0.3, 0.4) is 0 Å². The average molecular weight is 605 g/mol. The second-order valence-electron chi connectivity index (χ2n) is 10.9. The van der Waals surface area contributed by atoms with Gasteiger partial charge in [0.1, 0.15) is 18.2 Å². The minimum Gasteiger partial charge on any atom is -0.445 e. The van der Waals surface area contributed by atoms with Gasteiger partial charge in [-0.1, -0.05) is 54.6 Å². The Kier molecular flexibility index (Phi) is 10.7. The number of thioether (sulfide) groups is 1. The third-order valence-electron chi connectivity index (χ3n) is 6.21. The molecule has 11 heteroatoms. The molecule has 1 aliphatic heterocycles. The molecule has 3 aromatic rings. The molecule has 0 aromatic heterocycles. The van der Waals surface area contributed by atoms with Crippen LogP contribution in [0.2, 0.25) is 0 Å². The van der Waals surface area contributed by atoms with Gasteiger partial charge in [-0.3, -0.25) is 14.9 Å². The summed E-state index contributed by atoms with van der Waals surface area (Å²) >= 11 is 1.49. The van der Waals surface area contributed by atoms with Crippen molar-refractivity contribution in [2.24, 2.45) is 0 Å². The van der Waals surface area contributed by atoms with E-state index in [1.807, 2.05) is 60.7 Å². The lowest BCUT2D eigenvalue weighted by molar-refractivity contribution is -0.127. The van der Waals surface area contributed by atoms with Gasteiger partial charge in [-0.05, 0) is 56.2 Å². The zero-order chi connectivity index (χ0) is 30.8. The summed E-state index contributed by atoms with van der Waals surface area (Å²) in [5, 5.41) is 8.14. The molecule has 1 heterocycles. The highest BCUT2D eigenvalue weighted by molar-refractivity contribution is 7.99. The third-order valence-corrected chi connectivity index (χ3v) is 7.36. The van der Waals surface area contributed by atoms with E-state index in [0.29, 0.717) is 11.4 Å². The summed E-state index contributed by atoms with van der Waals surface area (Å²) in [7, 11) is 0. The average Bonchev–Trinajstić information content (AvgIpc) is 3.08. The van der Waals surface area contributed by atoms with Crippen LogP contribution in [0.15, 0.2) is 83.8 Å². The number of anilines is 2. The number of hydrogen-bond acceptors (Lipinski definition) is 7. The van der Waals surface area contributed by atoms with Gasteiger partial charge in [0.2, 0.25) is 5.91 Å². The molecule has 43 heavy (non-hydrogen) atoms. The predicted molar refractivity (Wildman–Crippen MR) is 166 cm³/mol. The van der Waals surface area contributed by atoms with Gasteiger partial charge in [0.15, 0.2) is 0 Å². The van der Waals surface area contributed by atoms with Crippen molar-refractivity contribution in [3.8, 4) is 0 Å². The number of para-hydroxylation sites is 1. The Balaban J connectivity index is 1.36. The topological polar surface area (TPSA) is 126 Å². The SMILES string of the molecule is CC(C)(C)OC(=O)Nc1cccc(CN2C(=O)C(NC(=O)CCNC(=O)OCc3ccccc3)CSc3ccccc32)c1. The van der Waals surface area contributed by atoms with Crippen LogP contribution in [0.5, 0.6) is 0 Å². The monoisotopic (exact) mass is 604 g/mol. The standard InChI is InChI=1S/C32H36N4O6S/c1-32(2,3)42-31(40)34-24-13-9-12-23(18-24)19-36-26-14-7-8-15-27(26)43-21-25(29(36)38)35-28(37)16-17-33-30(39)41-20-22-10-5-4-6-11-22/h4-15,18,25H,16-17,19-21H2,1-3H3,(H,33,39)(H,34,40)(H,35,37). The zero-order valence-electron chi connectivity index (χ0n) is 24.4. The van der Waals surface area contributed by atoms with E-state index in [0.717, 1.165) is 21.7 Å². The van der Waals surface area contributed by atoms with Crippen LogP contribution in [0.25, 0.3) is 0 Å². The number of nitrogens with one attached hydrogen (secondary N) is 3. The molecule has 1 unspecified atom stereocenters. The van der Waals surface area contributed by atoms with Crippen LogP contribution >= 0.6 is 11.8 Å². The summed E-state index contributed by atoms with van der Waals surface area (Å²) in [6.45, 7) is 5.78. The lowest BCUT2D eigenvalue weighted by Gasteiger charge is -2.26. The van der Waals surface area contributed by atoms with Crippen LogP contribution < -0.4 is 20.9 Å². The molecule has 10 nitrogen and oxygen atoms in total. The number of alkyl carbamates (subject to hydrolysis) is 1. The quantitative estimate of drug-likeness (QED) is 0.296. The largest absolute Gasteiger partial charge is 0.445 e. The molecule has 1 atom stereocenters. The molecule has 226 valence electrons. The predicted octanol–water partition coefficient (Wildman–Crippen LogP) is 5.47. The van der Waals surface area contributed by atoms with Crippen molar-refractivity contribution in [1.82, 2.24) is 10.6 Å². The molecule has 0 bridgehead atoms. The van der Waals surface area contributed by atoms with Gasteiger partial charge in [0, 0.05) is 29.3 Å². The fraction of sp³-hybridized carbons (Fsp3) is 0.312. The second kappa shape index (κ2) is 14.6. The minimum atomic E-state index is -0.780. The lowest BCUT2D eigenvalue weighted by Crippen LogP contribution is -2.49. The van der Waals surface area contributed by atoms with Crippen LogP contribution in [0.1, 0.15) is 38.3 Å². The Bertz CT molecular complexity index is 1440. The normalized spacial score (nSPS) is 14.6. The summed E-state index contributed by atoms with van der Waals surface area (Å²) < 4.78 is 10.5. The van der Waals surface area contributed by atoms with Crippen molar-refractivity contribution < 1.29 is 28.7 Å². The number of fused-ring (bicyclic) bond motifs is 1. The fourth-order valence-corrected chi connectivity index (χ4v) is 5.36. The molecule has 0 spiro atoms. The van der Waals surface area contributed by atoms with E-state index in [9.17, 15) is 19.2 Å². The van der Waals surface area contributed by atoms with Gasteiger partial charge in [0.05, 0.1) is 12.2 Å². The smallest absolute Gasteiger partial charge is 0.412 e. The Labute approximate surface area is 255 Å². The summed E-state index contributed by atoms with van der Waals surface area (Å²) in [5.41, 5.74) is 2.28. The van der Waals surface area contributed by atoms with E-state index in [4.69, 9.17) is 9.47 Å². The highest BCUT2D eigenvalue weighted by Crippen LogP contribution is 2.35. The minimum absolute atomic E-state index is 0.0137. The molecule has 0 radical (unpaired) electrons. The molecule has 0 saturated heterocycles. The number of carbonyl (C=O) groups is 4. The molecule has 4 rings (SSSR count). The summed E-state index contributed by atoms with van der Waals surface area (Å²) in [6, 6.07) is 23.3. The fourth-order valence-electron chi connectivity index (χ4n) is 4.29. The number of ether oxygens (including phenoxy) is 2. The number of benzene rings is 3. The van der Waals surface area contributed by atoms with E-state index in [2.05, 4.69) is 16.0 Å². The lowest BCUT2D eigenvalue weighted by atomic mass is 10.1. The Morgan fingerprint density at radius 2 is 1.65 bits per heavy atom. The molecule has 3 N–H and O–H groups in total. The van der Waals surface area contributed by atoms with Gasteiger partial charge in [-0.15, -0.1) is 11.8 Å². The van der Waals surface area contributed by atoms with Gasteiger partial charge in [-0.2, -0.15) is 0 Å². The van der Waals surface area contributed by atoms with Crippen molar-refractivity contribution >= 4 is 47.1 Å². The maximum absolute atomic E-state index is 13.8. The first-order valence-corrected chi connectivity index (χ1v) is 14.9. The maximum atomic E-state index is 13.8. The number of nitrogens with zero attached hydrogens (tertiary/aromatic N) is 1. The van der Waals surface area contributed by atoms with E-state index in [-0.39, 0.29) is 37.9 Å².